The van der Waals surface area contributed by atoms with Gasteiger partial charge in [0, 0.05) is 17.0 Å². The number of benzene rings is 1. The van der Waals surface area contributed by atoms with E-state index in [1.807, 2.05) is 24.3 Å². The molecule has 7 nitrogen and oxygen atoms in total. The molecule has 0 atom stereocenters. The van der Waals surface area contributed by atoms with E-state index in [4.69, 9.17) is 9.62 Å². The van der Waals surface area contributed by atoms with Gasteiger partial charge in [-0.3, -0.25) is 10.0 Å². The Labute approximate surface area is 132 Å². The third kappa shape index (κ3) is 3.14. The standard InChI is InChI=1S/C16H16N4O3/c1-2-12-13-5-3-4-6-14(13)23-15(12)10-20-9-11(17-19-20)7-8-16(21)18-22/h3-9,22H,2,10H2,1H3,(H,18,21). The smallest absolute Gasteiger partial charge is 0.267 e. The average molecular weight is 312 g/mol. The molecular formula is C16H16N4O3. The number of para-hydroxylation sites is 1. The van der Waals surface area contributed by atoms with Crippen LogP contribution in [-0.2, 0) is 17.8 Å². The number of furan rings is 1. The minimum Gasteiger partial charge on any atom is -0.459 e. The summed E-state index contributed by atoms with van der Waals surface area (Å²) in [5.41, 5.74) is 4.05. The van der Waals surface area contributed by atoms with Gasteiger partial charge in [-0.15, -0.1) is 5.10 Å². The molecule has 0 fully saturated rings. The molecule has 0 unspecified atom stereocenters. The van der Waals surface area contributed by atoms with Gasteiger partial charge >= 0.3 is 0 Å². The van der Waals surface area contributed by atoms with E-state index in [-0.39, 0.29) is 0 Å². The molecule has 3 aromatic rings. The van der Waals surface area contributed by atoms with Gasteiger partial charge in [0.1, 0.15) is 23.6 Å². The summed E-state index contributed by atoms with van der Waals surface area (Å²) in [6.07, 6.45) is 5.21. The molecule has 7 heteroatoms. The third-order valence-electron chi connectivity index (χ3n) is 3.51. The highest BCUT2D eigenvalue weighted by Crippen LogP contribution is 2.26. The molecule has 0 aliphatic carbocycles. The van der Waals surface area contributed by atoms with Crippen molar-refractivity contribution in [2.75, 3.05) is 0 Å². The quantitative estimate of drug-likeness (QED) is 0.428. The first-order valence-electron chi connectivity index (χ1n) is 7.22. The van der Waals surface area contributed by atoms with Crippen LogP contribution in [0.1, 0.15) is 23.9 Å². The largest absolute Gasteiger partial charge is 0.459 e. The maximum Gasteiger partial charge on any atom is 0.267 e. The summed E-state index contributed by atoms with van der Waals surface area (Å²) < 4.78 is 7.56. The summed E-state index contributed by atoms with van der Waals surface area (Å²) in [6.45, 7) is 2.55. The van der Waals surface area contributed by atoms with Crippen molar-refractivity contribution < 1.29 is 14.4 Å². The Hall–Kier alpha value is -2.93. The van der Waals surface area contributed by atoms with Gasteiger partial charge in [0.05, 0.1) is 6.20 Å². The Bertz CT molecular complexity index is 863. The van der Waals surface area contributed by atoms with Crippen LogP contribution in [0.25, 0.3) is 17.0 Å². The van der Waals surface area contributed by atoms with E-state index in [0.717, 1.165) is 28.7 Å². The molecule has 2 heterocycles. The van der Waals surface area contributed by atoms with E-state index < -0.39 is 5.91 Å². The Morgan fingerprint density at radius 3 is 3.04 bits per heavy atom. The fraction of sp³-hybridized carbons (Fsp3) is 0.188. The van der Waals surface area contributed by atoms with E-state index in [9.17, 15) is 4.79 Å². The topological polar surface area (TPSA) is 93.2 Å². The second-order valence-corrected chi connectivity index (χ2v) is 5.00. The molecule has 0 saturated carbocycles. The van der Waals surface area contributed by atoms with E-state index in [1.54, 1.807) is 10.9 Å². The van der Waals surface area contributed by atoms with Gasteiger partial charge in [-0.25, -0.2) is 10.2 Å². The second-order valence-electron chi connectivity index (χ2n) is 5.00. The molecule has 0 bridgehead atoms. The molecule has 118 valence electrons. The van der Waals surface area contributed by atoms with Crippen LogP contribution >= 0.6 is 0 Å². The van der Waals surface area contributed by atoms with Crippen molar-refractivity contribution in [3.8, 4) is 0 Å². The van der Waals surface area contributed by atoms with Crippen molar-refractivity contribution in [1.29, 1.82) is 0 Å². The maximum atomic E-state index is 10.9. The minimum absolute atomic E-state index is 0.463. The highest BCUT2D eigenvalue weighted by molar-refractivity contribution is 5.90. The molecule has 23 heavy (non-hydrogen) atoms. The highest BCUT2D eigenvalue weighted by atomic mass is 16.5. The molecule has 0 radical (unpaired) electrons. The summed E-state index contributed by atoms with van der Waals surface area (Å²) in [4.78, 5) is 10.9. The first kappa shape index (κ1) is 15.0. The molecule has 0 aliphatic rings. The number of nitrogens with one attached hydrogen (secondary N) is 1. The van der Waals surface area contributed by atoms with Gasteiger partial charge in [-0.1, -0.05) is 30.3 Å². The second kappa shape index (κ2) is 6.45. The Balaban J connectivity index is 1.84. The lowest BCUT2D eigenvalue weighted by Gasteiger charge is -1.99. The van der Waals surface area contributed by atoms with Gasteiger partial charge in [-0.05, 0) is 18.6 Å². The zero-order valence-electron chi connectivity index (χ0n) is 12.6. The molecule has 1 amide bonds. The summed E-state index contributed by atoms with van der Waals surface area (Å²) in [6, 6.07) is 7.93. The molecule has 2 N–H and O–H groups in total. The Morgan fingerprint density at radius 1 is 1.43 bits per heavy atom. The average Bonchev–Trinajstić information content (AvgIpc) is 3.16. The lowest BCUT2D eigenvalue weighted by molar-refractivity contribution is -0.124. The lowest BCUT2D eigenvalue weighted by atomic mass is 10.1. The normalized spacial score (nSPS) is 11.4. The van der Waals surface area contributed by atoms with Crippen molar-refractivity contribution >= 4 is 23.0 Å². The predicted octanol–water partition coefficient (Wildman–Crippen LogP) is 2.15. The first-order chi connectivity index (χ1) is 11.2. The van der Waals surface area contributed by atoms with Crippen LogP contribution in [-0.4, -0.2) is 26.1 Å². The number of carbonyl (C=O) groups is 1. The number of nitrogens with zero attached hydrogens (tertiary/aromatic N) is 3. The van der Waals surface area contributed by atoms with Crippen molar-refractivity contribution in [2.45, 2.75) is 19.9 Å². The number of hydroxylamine groups is 1. The summed E-state index contributed by atoms with van der Waals surface area (Å²) in [5.74, 6) is 0.229. The molecule has 0 aliphatic heterocycles. The molecule has 2 aromatic heterocycles. The lowest BCUT2D eigenvalue weighted by Crippen LogP contribution is -2.14. The molecule has 0 spiro atoms. The molecule has 3 rings (SSSR count). The van der Waals surface area contributed by atoms with Gasteiger partial charge in [0.15, 0.2) is 0 Å². The SMILES string of the molecule is CCc1c(Cn2cc(C=CC(=O)NO)nn2)oc2ccccc12. The van der Waals surface area contributed by atoms with Gasteiger partial charge in [0.25, 0.3) is 5.91 Å². The zero-order valence-corrected chi connectivity index (χ0v) is 12.6. The Kier molecular flexibility index (Phi) is 4.20. The summed E-state index contributed by atoms with van der Waals surface area (Å²) >= 11 is 0. The van der Waals surface area contributed by atoms with E-state index in [2.05, 4.69) is 17.2 Å². The van der Waals surface area contributed by atoms with Gasteiger partial charge < -0.3 is 4.42 Å². The van der Waals surface area contributed by atoms with Crippen LogP contribution < -0.4 is 5.48 Å². The van der Waals surface area contributed by atoms with Crippen molar-refractivity contribution in [2.24, 2.45) is 0 Å². The van der Waals surface area contributed by atoms with Crippen molar-refractivity contribution in [1.82, 2.24) is 20.5 Å². The summed E-state index contributed by atoms with van der Waals surface area (Å²) in [7, 11) is 0. The van der Waals surface area contributed by atoms with Crippen LogP contribution in [0, 0.1) is 0 Å². The fourth-order valence-electron chi connectivity index (χ4n) is 2.48. The highest BCUT2D eigenvalue weighted by Gasteiger charge is 2.13. The van der Waals surface area contributed by atoms with E-state index in [0.29, 0.717) is 12.2 Å². The predicted molar refractivity (Wildman–Crippen MR) is 83.7 cm³/mol. The van der Waals surface area contributed by atoms with Gasteiger partial charge in [0.2, 0.25) is 0 Å². The van der Waals surface area contributed by atoms with Crippen molar-refractivity contribution in [3.05, 3.63) is 53.6 Å². The zero-order chi connectivity index (χ0) is 16.2. The van der Waals surface area contributed by atoms with Crippen LogP contribution in [0.4, 0.5) is 0 Å². The van der Waals surface area contributed by atoms with Crippen LogP contribution in [0.2, 0.25) is 0 Å². The molecule has 1 aromatic carbocycles. The number of carbonyl (C=O) groups excluding carboxylic acids is 1. The summed E-state index contributed by atoms with van der Waals surface area (Å²) in [5, 5.41) is 17.5. The number of amides is 1. The van der Waals surface area contributed by atoms with E-state index >= 15 is 0 Å². The van der Waals surface area contributed by atoms with Gasteiger partial charge in [-0.2, -0.15) is 0 Å². The maximum absolute atomic E-state index is 10.9. The monoisotopic (exact) mass is 312 g/mol. The minimum atomic E-state index is -0.620. The molecule has 0 saturated heterocycles. The molecular weight excluding hydrogens is 296 g/mol. The van der Waals surface area contributed by atoms with E-state index in [1.165, 1.54) is 17.6 Å². The van der Waals surface area contributed by atoms with Crippen LogP contribution in [0.5, 0.6) is 0 Å². The van der Waals surface area contributed by atoms with Crippen LogP contribution in [0.15, 0.2) is 41.0 Å². The number of aromatic nitrogens is 3. The number of hydrogen-bond donors (Lipinski definition) is 2. The number of aryl methyl sites for hydroxylation is 1. The Morgan fingerprint density at radius 2 is 2.26 bits per heavy atom. The fourth-order valence-corrected chi connectivity index (χ4v) is 2.48. The third-order valence-corrected chi connectivity index (χ3v) is 3.51. The first-order valence-corrected chi connectivity index (χ1v) is 7.22. The number of hydrogen-bond acceptors (Lipinski definition) is 5. The number of rotatable bonds is 5. The number of fused-ring (bicyclic) bond motifs is 1. The van der Waals surface area contributed by atoms with Crippen molar-refractivity contribution in [3.63, 3.8) is 0 Å². The van der Waals surface area contributed by atoms with Crippen LogP contribution in [0.3, 0.4) is 0 Å².